The third-order valence-electron chi connectivity index (χ3n) is 9.20. The summed E-state index contributed by atoms with van der Waals surface area (Å²) in [4.78, 5) is 23.9. The Balaban J connectivity index is 1.14. The van der Waals surface area contributed by atoms with E-state index in [1.54, 1.807) is 6.33 Å². The number of aliphatic hydroxyl groups is 1. The van der Waals surface area contributed by atoms with Crippen LogP contribution in [0.5, 0.6) is 0 Å². The number of aliphatic hydroxyl groups excluding tert-OH is 1. The SMILES string of the molecule is CCCc1c(Cc2ccc(-c3ccccc3C3=NOC(O)N3)cc2)c(=O)n([C@H]2CC[C@H](OCC3CCCO3)CC2)c2ncnn12. The third-order valence-corrected chi connectivity index (χ3v) is 9.20. The van der Waals surface area contributed by atoms with Crippen molar-refractivity contribution in [1.29, 1.82) is 0 Å². The highest BCUT2D eigenvalue weighted by Crippen LogP contribution is 2.32. The van der Waals surface area contributed by atoms with Crippen LogP contribution in [-0.4, -0.2) is 61.9 Å². The molecular formula is C34H40N6O5. The van der Waals surface area contributed by atoms with Gasteiger partial charge >= 0.3 is 6.41 Å². The third kappa shape index (κ3) is 6.12. The van der Waals surface area contributed by atoms with Crippen LogP contribution in [0.3, 0.4) is 0 Å². The maximum Gasteiger partial charge on any atom is 0.304 e. The number of oxime groups is 1. The van der Waals surface area contributed by atoms with E-state index in [0.717, 1.165) is 91.5 Å². The Labute approximate surface area is 261 Å². The van der Waals surface area contributed by atoms with Crippen molar-refractivity contribution < 1.29 is 19.4 Å². The molecule has 1 saturated carbocycles. The molecule has 2 aromatic heterocycles. The number of fused-ring (bicyclic) bond motifs is 1. The second kappa shape index (κ2) is 13.1. The van der Waals surface area contributed by atoms with Gasteiger partial charge in [0.15, 0.2) is 5.84 Å². The molecule has 2 aliphatic heterocycles. The molecule has 2 N–H and O–H groups in total. The molecule has 0 amide bonds. The summed E-state index contributed by atoms with van der Waals surface area (Å²) in [5.41, 5.74) is 5.56. The van der Waals surface area contributed by atoms with Crippen LogP contribution in [0.25, 0.3) is 16.9 Å². The van der Waals surface area contributed by atoms with Gasteiger partial charge in [-0.25, -0.2) is 4.52 Å². The summed E-state index contributed by atoms with van der Waals surface area (Å²) in [7, 11) is 0. The van der Waals surface area contributed by atoms with Gasteiger partial charge in [0.1, 0.15) is 6.33 Å². The van der Waals surface area contributed by atoms with Crippen molar-refractivity contribution in [2.45, 2.75) is 89.4 Å². The van der Waals surface area contributed by atoms with E-state index in [1.165, 1.54) is 0 Å². The van der Waals surface area contributed by atoms with Crippen LogP contribution in [-0.2, 0) is 27.2 Å². The normalized spacial score (nSPS) is 23.2. The Morgan fingerprint density at radius 1 is 1.04 bits per heavy atom. The number of nitrogens with one attached hydrogen (secondary N) is 1. The summed E-state index contributed by atoms with van der Waals surface area (Å²) in [5, 5.41) is 21.1. The zero-order valence-corrected chi connectivity index (χ0v) is 25.6. The van der Waals surface area contributed by atoms with Crippen LogP contribution >= 0.6 is 0 Å². The van der Waals surface area contributed by atoms with Crippen molar-refractivity contribution in [2.24, 2.45) is 5.16 Å². The molecule has 2 fully saturated rings. The maximum atomic E-state index is 14.3. The lowest BCUT2D eigenvalue weighted by Crippen LogP contribution is -2.35. The van der Waals surface area contributed by atoms with Gasteiger partial charge in [0.05, 0.1) is 24.5 Å². The van der Waals surface area contributed by atoms with Crippen molar-refractivity contribution in [3.05, 3.63) is 87.6 Å². The average molecular weight is 613 g/mol. The molecule has 3 aliphatic rings. The fraction of sp³-hybridized carbons (Fsp3) is 0.471. The molecule has 1 saturated heterocycles. The van der Waals surface area contributed by atoms with Crippen LogP contribution in [0.2, 0.25) is 0 Å². The molecule has 4 heterocycles. The van der Waals surface area contributed by atoms with Crippen molar-refractivity contribution in [3.63, 3.8) is 0 Å². The van der Waals surface area contributed by atoms with E-state index in [-0.39, 0.29) is 23.8 Å². The molecule has 45 heavy (non-hydrogen) atoms. The summed E-state index contributed by atoms with van der Waals surface area (Å²) >= 11 is 0. The first kappa shape index (κ1) is 29.6. The molecule has 2 aromatic carbocycles. The molecule has 0 spiro atoms. The van der Waals surface area contributed by atoms with Crippen molar-refractivity contribution in [1.82, 2.24) is 24.5 Å². The summed E-state index contributed by atoms with van der Waals surface area (Å²) < 4.78 is 15.7. The van der Waals surface area contributed by atoms with Crippen LogP contribution in [0, 0.1) is 0 Å². The second-order valence-electron chi connectivity index (χ2n) is 12.2. The summed E-state index contributed by atoms with van der Waals surface area (Å²) in [6.07, 6.45) is 8.69. The molecule has 236 valence electrons. The average Bonchev–Trinajstić information content (AvgIpc) is 3.86. The Bertz CT molecular complexity index is 1720. The Morgan fingerprint density at radius 3 is 2.56 bits per heavy atom. The minimum absolute atomic E-state index is 0.0287. The van der Waals surface area contributed by atoms with E-state index < -0.39 is 6.41 Å². The number of rotatable bonds is 10. The van der Waals surface area contributed by atoms with E-state index in [4.69, 9.17) is 14.3 Å². The molecule has 11 heteroatoms. The molecule has 4 aromatic rings. The lowest BCUT2D eigenvalue weighted by atomic mass is 9.92. The summed E-state index contributed by atoms with van der Waals surface area (Å²) in [6.45, 7) is 3.62. The second-order valence-corrected chi connectivity index (χ2v) is 12.2. The van der Waals surface area contributed by atoms with E-state index >= 15 is 0 Å². The highest BCUT2D eigenvalue weighted by atomic mass is 16.7. The van der Waals surface area contributed by atoms with E-state index in [1.807, 2.05) is 33.3 Å². The minimum Gasteiger partial charge on any atom is -0.376 e. The minimum atomic E-state index is -1.15. The summed E-state index contributed by atoms with van der Waals surface area (Å²) in [5.74, 6) is 1.11. The van der Waals surface area contributed by atoms with Crippen molar-refractivity contribution in [2.75, 3.05) is 13.2 Å². The van der Waals surface area contributed by atoms with Gasteiger partial charge in [-0.05, 0) is 61.6 Å². The highest BCUT2D eigenvalue weighted by Gasteiger charge is 2.29. The number of hydrogen-bond acceptors (Lipinski definition) is 9. The number of amidine groups is 1. The lowest BCUT2D eigenvalue weighted by Gasteiger charge is -2.31. The largest absolute Gasteiger partial charge is 0.376 e. The number of aryl methyl sites for hydroxylation is 1. The van der Waals surface area contributed by atoms with Gasteiger partial charge in [-0.1, -0.05) is 67.0 Å². The lowest BCUT2D eigenvalue weighted by molar-refractivity contribution is -0.0896. The molecular weight excluding hydrogens is 572 g/mol. The fourth-order valence-electron chi connectivity index (χ4n) is 6.91. The van der Waals surface area contributed by atoms with E-state index in [9.17, 15) is 9.90 Å². The van der Waals surface area contributed by atoms with Gasteiger partial charge in [0, 0.05) is 30.2 Å². The topological polar surface area (TPSA) is 124 Å². The zero-order chi connectivity index (χ0) is 30.8. The van der Waals surface area contributed by atoms with Crippen molar-refractivity contribution in [3.8, 4) is 11.1 Å². The predicted octanol–water partition coefficient (Wildman–Crippen LogP) is 4.34. The Kier molecular flexibility index (Phi) is 8.64. The smallest absolute Gasteiger partial charge is 0.304 e. The first-order chi connectivity index (χ1) is 22.1. The van der Waals surface area contributed by atoms with Crippen LogP contribution in [0.1, 0.15) is 80.3 Å². The molecule has 1 aliphatic carbocycles. The quantitative estimate of drug-likeness (QED) is 0.271. The number of benzene rings is 2. The van der Waals surface area contributed by atoms with Crippen LogP contribution in [0.15, 0.2) is 64.8 Å². The van der Waals surface area contributed by atoms with Gasteiger partial charge in [0.25, 0.3) is 5.56 Å². The van der Waals surface area contributed by atoms with Gasteiger partial charge in [0.2, 0.25) is 5.78 Å². The summed E-state index contributed by atoms with van der Waals surface area (Å²) in [6, 6.07) is 16.2. The number of nitrogens with zero attached hydrogens (tertiary/aromatic N) is 5. The first-order valence-corrected chi connectivity index (χ1v) is 16.2. The maximum absolute atomic E-state index is 14.3. The molecule has 0 radical (unpaired) electrons. The molecule has 7 rings (SSSR count). The Morgan fingerprint density at radius 2 is 1.84 bits per heavy atom. The van der Waals surface area contributed by atoms with Gasteiger partial charge in [-0.2, -0.15) is 10.1 Å². The van der Waals surface area contributed by atoms with E-state index in [0.29, 0.717) is 24.6 Å². The monoisotopic (exact) mass is 612 g/mol. The van der Waals surface area contributed by atoms with Gasteiger partial charge < -0.3 is 24.7 Å². The predicted molar refractivity (Wildman–Crippen MR) is 169 cm³/mol. The van der Waals surface area contributed by atoms with Crippen molar-refractivity contribution >= 4 is 11.6 Å². The molecule has 2 unspecified atom stereocenters. The van der Waals surface area contributed by atoms with Gasteiger partial charge in [-0.3, -0.25) is 9.36 Å². The van der Waals surface area contributed by atoms with Crippen LogP contribution in [0.4, 0.5) is 0 Å². The number of aromatic nitrogens is 4. The first-order valence-electron chi connectivity index (χ1n) is 16.2. The van der Waals surface area contributed by atoms with Gasteiger partial charge in [-0.15, -0.1) is 0 Å². The Hall–Kier alpha value is -4.06. The number of ether oxygens (including phenoxy) is 2. The molecule has 0 bridgehead atoms. The fourth-order valence-corrected chi connectivity index (χ4v) is 6.91. The highest BCUT2D eigenvalue weighted by molar-refractivity contribution is 6.04. The zero-order valence-electron chi connectivity index (χ0n) is 25.6. The van der Waals surface area contributed by atoms with Crippen LogP contribution < -0.4 is 10.9 Å². The molecule has 2 atom stereocenters. The van der Waals surface area contributed by atoms with E-state index in [2.05, 4.69) is 51.7 Å². The standard InChI is InChI=1S/C34H40N6O5/c1-2-6-30-29(19-22-10-12-23(13-11-22)27-8-3-4-9-28(27)31-37-34(42)45-38-31)32(41)39(33-35-21-36-40(30)33)24-14-16-25(17-15-24)44-20-26-7-5-18-43-26/h3-4,8-13,21,24-26,34,42H,2,5-7,14-20H2,1H3,(H,37,38)/t24-,25-,26?,34?. The number of hydrogen-bond donors (Lipinski definition) is 2. The molecule has 11 nitrogen and oxygen atoms in total.